The van der Waals surface area contributed by atoms with Gasteiger partial charge in [-0.15, -0.1) is 11.3 Å². The molecule has 7 heteroatoms. The van der Waals surface area contributed by atoms with Crippen molar-refractivity contribution in [2.24, 2.45) is 0 Å². The molecule has 2 aromatic carbocycles. The predicted octanol–water partition coefficient (Wildman–Crippen LogP) is 4.94. The molecule has 0 atom stereocenters. The fourth-order valence-electron chi connectivity index (χ4n) is 3.01. The van der Waals surface area contributed by atoms with Gasteiger partial charge in [-0.1, -0.05) is 18.2 Å². The van der Waals surface area contributed by atoms with E-state index in [0.29, 0.717) is 27.9 Å². The molecule has 0 bridgehead atoms. The minimum Gasteiger partial charge on any atom is -0.493 e. The van der Waals surface area contributed by atoms with Gasteiger partial charge in [-0.25, -0.2) is 9.97 Å². The maximum absolute atomic E-state index is 12.8. The molecule has 0 aliphatic carbocycles. The molecular formula is C22H19N3O3S. The maximum Gasteiger partial charge on any atom is 0.268 e. The average molecular weight is 405 g/mol. The number of fused-ring (bicyclic) bond motifs is 1. The number of para-hydroxylation sites is 1. The van der Waals surface area contributed by atoms with E-state index in [2.05, 4.69) is 15.3 Å². The van der Waals surface area contributed by atoms with Gasteiger partial charge in [-0.2, -0.15) is 0 Å². The van der Waals surface area contributed by atoms with E-state index in [0.717, 1.165) is 21.5 Å². The van der Waals surface area contributed by atoms with Crippen LogP contribution in [0.2, 0.25) is 0 Å². The Morgan fingerprint density at radius 3 is 2.55 bits per heavy atom. The van der Waals surface area contributed by atoms with Crippen LogP contribution in [0.1, 0.15) is 15.4 Å². The molecule has 0 aliphatic rings. The van der Waals surface area contributed by atoms with Crippen LogP contribution in [0.3, 0.4) is 0 Å². The van der Waals surface area contributed by atoms with Crippen molar-refractivity contribution in [2.75, 3.05) is 19.5 Å². The minimum absolute atomic E-state index is 0.227. The lowest BCUT2D eigenvalue weighted by atomic mass is 10.2. The number of nitrogens with zero attached hydrogens (tertiary/aromatic N) is 2. The number of aryl methyl sites for hydroxylation is 1. The Labute approximate surface area is 172 Å². The third kappa shape index (κ3) is 3.77. The van der Waals surface area contributed by atoms with Crippen molar-refractivity contribution < 1.29 is 14.3 Å². The summed E-state index contributed by atoms with van der Waals surface area (Å²) in [6.45, 7) is 1.82. The lowest BCUT2D eigenvalue weighted by Gasteiger charge is -2.08. The van der Waals surface area contributed by atoms with Gasteiger partial charge in [-0.05, 0) is 43.3 Å². The van der Waals surface area contributed by atoms with E-state index >= 15 is 0 Å². The van der Waals surface area contributed by atoms with Gasteiger partial charge in [0.15, 0.2) is 11.5 Å². The van der Waals surface area contributed by atoms with Crippen LogP contribution >= 0.6 is 11.3 Å². The summed E-state index contributed by atoms with van der Waals surface area (Å²) in [5, 5.41) is 4.63. The zero-order chi connectivity index (χ0) is 20.4. The van der Waals surface area contributed by atoms with Crippen molar-refractivity contribution in [1.82, 2.24) is 9.97 Å². The molecular weight excluding hydrogens is 386 g/mol. The van der Waals surface area contributed by atoms with Crippen LogP contribution < -0.4 is 14.8 Å². The Kier molecular flexibility index (Phi) is 5.14. The number of methoxy groups -OCH3 is 2. The largest absolute Gasteiger partial charge is 0.493 e. The molecule has 0 aliphatic heterocycles. The number of ether oxygens (including phenoxy) is 2. The van der Waals surface area contributed by atoms with Crippen molar-refractivity contribution in [3.63, 3.8) is 0 Å². The monoisotopic (exact) mass is 405 g/mol. The summed E-state index contributed by atoms with van der Waals surface area (Å²) in [6.07, 6.45) is 0. The van der Waals surface area contributed by atoms with Gasteiger partial charge < -0.3 is 14.8 Å². The summed E-state index contributed by atoms with van der Waals surface area (Å²) < 4.78 is 10.6. The molecule has 0 radical (unpaired) electrons. The first-order valence-corrected chi connectivity index (χ1v) is 9.77. The first-order valence-electron chi connectivity index (χ1n) is 8.96. The van der Waals surface area contributed by atoms with Gasteiger partial charge in [0.2, 0.25) is 0 Å². The van der Waals surface area contributed by atoms with E-state index in [9.17, 15) is 4.79 Å². The lowest BCUT2D eigenvalue weighted by Crippen LogP contribution is -2.12. The Balaban J connectivity index is 1.60. The Morgan fingerprint density at radius 2 is 1.76 bits per heavy atom. The van der Waals surface area contributed by atoms with Crippen molar-refractivity contribution in [2.45, 2.75) is 6.92 Å². The number of nitrogens with one attached hydrogen (secondary N) is 1. The second kappa shape index (κ2) is 7.89. The highest BCUT2D eigenvalue weighted by molar-refractivity contribution is 7.17. The van der Waals surface area contributed by atoms with Crippen LogP contribution in [0.25, 0.3) is 21.5 Å². The van der Waals surface area contributed by atoms with Crippen LogP contribution in [0.15, 0.2) is 54.6 Å². The molecule has 0 saturated carbocycles. The third-order valence-corrected chi connectivity index (χ3v) is 5.68. The number of carbonyl (C=O) groups excluding carboxylic acids is 1. The van der Waals surface area contributed by atoms with E-state index in [-0.39, 0.29) is 5.91 Å². The van der Waals surface area contributed by atoms with Crippen molar-refractivity contribution in [1.29, 1.82) is 0 Å². The summed E-state index contributed by atoms with van der Waals surface area (Å²) in [6, 6.07) is 17.1. The number of pyridine rings is 1. The number of hydrogen-bond donors (Lipinski definition) is 1. The normalized spacial score (nSPS) is 10.7. The van der Waals surface area contributed by atoms with Crippen molar-refractivity contribution >= 4 is 34.0 Å². The Bertz CT molecular complexity index is 1200. The SMILES string of the molecule is COc1ccc(-c2nc(C)c(C(=O)Nc3ccc4ccccc4n3)s2)cc1OC. The lowest BCUT2D eigenvalue weighted by molar-refractivity contribution is 0.102. The second-order valence-corrected chi connectivity index (χ2v) is 7.35. The zero-order valence-electron chi connectivity index (χ0n) is 16.2. The molecule has 29 heavy (non-hydrogen) atoms. The maximum atomic E-state index is 12.8. The number of aromatic nitrogens is 2. The minimum atomic E-state index is -0.227. The molecule has 2 heterocycles. The second-order valence-electron chi connectivity index (χ2n) is 6.35. The number of rotatable bonds is 5. The van der Waals surface area contributed by atoms with E-state index in [4.69, 9.17) is 9.47 Å². The molecule has 0 fully saturated rings. The quantitative estimate of drug-likeness (QED) is 0.509. The number of benzene rings is 2. The molecule has 0 spiro atoms. The van der Waals surface area contributed by atoms with Crippen LogP contribution in [0.5, 0.6) is 11.5 Å². The molecule has 4 aromatic rings. The number of hydrogen-bond acceptors (Lipinski definition) is 6. The molecule has 0 saturated heterocycles. The topological polar surface area (TPSA) is 73.3 Å². The van der Waals surface area contributed by atoms with E-state index in [1.165, 1.54) is 11.3 Å². The molecule has 1 N–H and O–H groups in total. The molecule has 146 valence electrons. The fourth-order valence-corrected chi connectivity index (χ4v) is 3.97. The molecule has 0 unspecified atom stereocenters. The molecule has 1 amide bonds. The van der Waals surface area contributed by atoms with Crippen LogP contribution in [0.4, 0.5) is 5.82 Å². The number of anilines is 1. The number of thiazole rings is 1. The van der Waals surface area contributed by atoms with Crippen molar-refractivity contribution in [3.05, 3.63) is 65.2 Å². The highest BCUT2D eigenvalue weighted by Gasteiger charge is 2.18. The van der Waals surface area contributed by atoms with Gasteiger partial charge in [0, 0.05) is 10.9 Å². The van der Waals surface area contributed by atoms with E-state index < -0.39 is 0 Å². The van der Waals surface area contributed by atoms with E-state index in [1.807, 2.05) is 55.5 Å². The summed E-state index contributed by atoms with van der Waals surface area (Å²) in [5.41, 5.74) is 2.36. The summed E-state index contributed by atoms with van der Waals surface area (Å²) in [5.74, 6) is 1.54. The first-order chi connectivity index (χ1) is 14.1. The highest BCUT2D eigenvalue weighted by atomic mass is 32.1. The molecule has 2 aromatic heterocycles. The van der Waals surface area contributed by atoms with Crippen LogP contribution in [-0.4, -0.2) is 30.1 Å². The molecule has 4 rings (SSSR count). The summed E-state index contributed by atoms with van der Waals surface area (Å²) >= 11 is 1.33. The van der Waals surface area contributed by atoms with Gasteiger partial charge in [-0.3, -0.25) is 4.79 Å². The third-order valence-electron chi connectivity index (χ3n) is 4.47. The Hall–Kier alpha value is -3.45. The van der Waals surface area contributed by atoms with Crippen molar-refractivity contribution in [3.8, 4) is 22.1 Å². The highest BCUT2D eigenvalue weighted by Crippen LogP contribution is 2.35. The van der Waals surface area contributed by atoms with Crippen LogP contribution in [0, 0.1) is 6.92 Å². The van der Waals surface area contributed by atoms with Gasteiger partial charge >= 0.3 is 0 Å². The summed E-state index contributed by atoms with van der Waals surface area (Å²) in [7, 11) is 3.18. The van der Waals surface area contributed by atoms with Gasteiger partial charge in [0.05, 0.1) is 25.4 Å². The van der Waals surface area contributed by atoms with Gasteiger partial charge in [0.1, 0.15) is 15.7 Å². The number of carbonyl (C=O) groups is 1. The molecule has 6 nitrogen and oxygen atoms in total. The van der Waals surface area contributed by atoms with E-state index in [1.54, 1.807) is 20.3 Å². The predicted molar refractivity (Wildman–Crippen MR) is 115 cm³/mol. The van der Waals surface area contributed by atoms with Gasteiger partial charge in [0.25, 0.3) is 5.91 Å². The van der Waals surface area contributed by atoms with Crippen LogP contribution in [-0.2, 0) is 0 Å². The standard InChI is InChI=1S/C22H19N3O3S/c1-13-20(21(26)25-19-11-9-14-6-4-5-7-16(14)24-19)29-22(23-13)15-8-10-17(27-2)18(12-15)28-3/h4-12H,1-3H3,(H,24,25,26). The Morgan fingerprint density at radius 1 is 0.966 bits per heavy atom. The fraction of sp³-hybridized carbons (Fsp3) is 0.136. The smallest absolute Gasteiger partial charge is 0.268 e. The average Bonchev–Trinajstić information content (AvgIpc) is 3.15. The zero-order valence-corrected chi connectivity index (χ0v) is 17.0. The summed E-state index contributed by atoms with van der Waals surface area (Å²) in [4.78, 5) is 22.4. The first kappa shape index (κ1) is 18.9. The number of amides is 1.